The monoisotopic (exact) mass is 254 g/mol. The Hall–Kier alpha value is -1.79. The summed E-state index contributed by atoms with van der Waals surface area (Å²) < 4.78 is 5.10. The van der Waals surface area contributed by atoms with Crippen LogP contribution in [0.2, 0.25) is 0 Å². The Morgan fingerprint density at radius 1 is 1.33 bits per heavy atom. The number of benzene rings is 1. The number of hydrogen-bond donors (Lipinski definition) is 4. The highest BCUT2D eigenvalue weighted by molar-refractivity contribution is 5.83. The summed E-state index contributed by atoms with van der Waals surface area (Å²) in [4.78, 5) is 11.8. The molecule has 0 heterocycles. The minimum atomic E-state index is -1.23. The molecule has 1 rings (SSSR count). The first-order valence-electron chi connectivity index (χ1n) is 5.48. The standard InChI is InChI=1S/C12H18N2O4/c1-12(7-15,8-16)11(17)14-13-9-5-3-4-6-10(9)18-2/h3-6,13,15-16H,7-8H2,1-2H3,(H,14,17). The number of anilines is 1. The number of hydrazine groups is 1. The van der Waals surface area contributed by atoms with Gasteiger partial charge in [0, 0.05) is 0 Å². The molecule has 0 unspecified atom stereocenters. The van der Waals surface area contributed by atoms with Crippen molar-refractivity contribution in [3.63, 3.8) is 0 Å². The van der Waals surface area contributed by atoms with Crippen LogP contribution < -0.4 is 15.6 Å². The van der Waals surface area contributed by atoms with Crippen LogP contribution in [0.15, 0.2) is 24.3 Å². The molecule has 0 spiro atoms. The number of carbonyl (C=O) groups excluding carboxylic acids is 1. The number of rotatable bonds is 6. The topological polar surface area (TPSA) is 90.8 Å². The largest absolute Gasteiger partial charge is 0.495 e. The molecule has 0 bridgehead atoms. The van der Waals surface area contributed by atoms with Gasteiger partial charge in [-0.2, -0.15) is 0 Å². The van der Waals surface area contributed by atoms with Gasteiger partial charge in [0.05, 0.1) is 31.4 Å². The average Bonchev–Trinajstić information content (AvgIpc) is 2.43. The number of carbonyl (C=O) groups is 1. The molecule has 0 aliphatic heterocycles. The molecule has 0 saturated carbocycles. The highest BCUT2D eigenvalue weighted by Crippen LogP contribution is 2.22. The van der Waals surface area contributed by atoms with Crippen molar-refractivity contribution in [2.75, 3.05) is 25.7 Å². The highest BCUT2D eigenvalue weighted by Gasteiger charge is 2.31. The van der Waals surface area contributed by atoms with Crippen molar-refractivity contribution < 1.29 is 19.7 Å². The Bertz CT molecular complexity index is 405. The van der Waals surface area contributed by atoms with Gasteiger partial charge in [-0.15, -0.1) is 0 Å². The number of methoxy groups -OCH3 is 1. The second-order valence-corrected chi connectivity index (χ2v) is 4.16. The molecule has 6 heteroatoms. The molecular weight excluding hydrogens is 236 g/mol. The third-order valence-electron chi connectivity index (χ3n) is 2.66. The number of ether oxygens (including phenoxy) is 1. The van der Waals surface area contributed by atoms with Gasteiger partial charge in [-0.05, 0) is 19.1 Å². The smallest absolute Gasteiger partial charge is 0.248 e. The molecule has 100 valence electrons. The molecule has 0 aliphatic rings. The first-order chi connectivity index (χ1) is 8.57. The van der Waals surface area contributed by atoms with Gasteiger partial charge in [0.15, 0.2) is 0 Å². The minimum absolute atomic E-state index is 0.442. The highest BCUT2D eigenvalue weighted by atomic mass is 16.5. The molecule has 1 aromatic rings. The first kappa shape index (κ1) is 14.3. The molecule has 0 fully saturated rings. The molecule has 4 N–H and O–H groups in total. The summed E-state index contributed by atoms with van der Waals surface area (Å²) in [6.45, 7) is 0.581. The molecule has 18 heavy (non-hydrogen) atoms. The molecule has 1 aromatic carbocycles. The summed E-state index contributed by atoms with van der Waals surface area (Å²) in [5.41, 5.74) is 4.48. The number of aliphatic hydroxyl groups is 2. The molecule has 0 aromatic heterocycles. The van der Waals surface area contributed by atoms with Crippen LogP contribution in [0.1, 0.15) is 6.92 Å². The zero-order valence-corrected chi connectivity index (χ0v) is 10.4. The van der Waals surface area contributed by atoms with Crippen molar-refractivity contribution in [3.05, 3.63) is 24.3 Å². The quantitative estimate of drug-likeness (QED) is 0.542. The maximum atomic E-state index is 11.8. The van der Waals surface area contributed by atoms with E-state index in [0.717, 1.165) is 0 Å². The van der Waals surface area contributed by atoms with Crippen LogP contribution in [0.25, 0.3) is 0 Å². The Kier molecular flexibility index (Phi) is 4.94. The van der Waals surface area contributed by atoms with Gasteiger partial charge in [-0.1, -0.05) is 12.1 Å². The third-order valence-corrected chi connectivity index (χ3v) is 2.66. The van der Waals surface area contributed by atoms with E-state index < -0.39 is 24.5 Å². The van der Waals surface area contributed by atoms with Crippen molar-refractivity contribution in [1.29, 1.82) is 0 Å². The van der Waals surface area contributed by atoms with Crippen LogP contribution >= 0.6 is 0 Å². The fraction of sp³-hybridized carbons (Fsp3) is 0.417. The molecule has 1 amide bonds. The summed E-state index contributed by atoms with van der Waals surface area (Å²) >= 11 is 0. The maximum absolute atomic E-state index is 11.8. The lowest BCUT2D eigenvalue weighted by Crippen LogP contribution is -2.46. The van der Waals surface area contributed by atoms with Crippen LogP contribution in [0.4, 0.5) is 5.69 Å². The van der Waals surface area contributed by atoms with E-state index in [4.69, 9.17) is 14.9 Å². The molecule has 6 nitrogen and oxygen atoms in total. The predicted molar refractivity (Wildman–Crippen MR) is 67.0 cm³/mol. The zero-order valence-electron chi connectivity index (χ0n) is 10.4. The average molecular weight is 254 g/mol. The van der Waals surface area contributed by atoms with E-state index in [2.05, 4.69) is 10.9 Å². The van der Waals surface area contributed by atoms with Crippen LogP contribution in [-0.2, 0) is 4.79 Å². The molecule has 0 radical (unpaired) electrons. The second-order valence-electron chi connectivity index (χ2n) is 4.16. The third kappa shape index (κ3) is 3.12. The van der Waals surface area contributed by atoms with Crippen molar-refractivity contribution in [1.82, 2.24) is 5.43 Å². The maximum Gasteiger partial charge on any atom is 0.248 e. The van der Waals surface area contributed by atoms with Crippen LogP contribution in [0.5, 0.6) is 5.75 Å². The van der Waals surface area contributed by atoms with Crippen LogP contribution in [0.3, 0.4) is 0 Å². The molecule has 0 aliphatic carbocycles. The van der Waals surface area contributed by atoms with E-state index in [1.807, 2.05) is 0 Å². The van der Waals surface area contributed by atoms with Gasteiger partial charge in [-0.25, -0.2) is 0 Å². The Morgan fingerprint density at radius 2 is 1.94 bits per heavy atom. The fourth-order valence-electron chi connectivity index (χ4n) is 1.22. The minimum Gasteiger partial charge on any atom is -0.495 e. The Labute approximate surface area is 106 Å². The normalized spacial score (nSPS) is 10.9. The van der Waals surface area contributed by atoms with E-state index in [-0.39, 0.29) is 0 Å². The number of nitrogens with one attached hydrogen (secondary N) is 2. The van der Waals surface area contributed by atoms with Gasteiger partial charge >= 0.3 is 0 Å². The summed E-state index contributed by atoms with van der Waals surface area (Å²) in [5.74, 6) is 0.0749. The zero-order chi connectivity index (χ0) is 13.6. The SMILES string of the molecule is COc1ccccc1NNC(=O)C(C)(CO)CO. The lowest BCUT2D eigenvalue weighted by molar-refractivity contribution is -0.134. The second kappa shape index (κ2) is 6.23. The van der Waals surface area contributed by atoms with E-state index in [9.17, 15) is 4.79 Å². The summed E-state index contributed by atoms with van der Waals surface area (Å²) in [7, 11) is 1.52. The van der Waals surface area contributed by atoms with Gasteiger partial charge < -0.3 is 14.9 Å². The summed E-state index contributed by atoms with van der Waals surface area (Å²) in [6, 6.07) is 7.06. The number of para-hydroxylation sites is 2. The molecule has 0 saturated heterocycles. The molecular formula is C12H18N2O4. The summed E-state index contributed by atoms with van der Waals surface area (Å²) in [6.07, 6.45) is 0. The van der Waals surface area contributed by atoms with Gasteiger partial charge in [-0.3, -0.25) is 15.6 Å². The van der Waals surface area contributed by atoms with E-state index in [0.29, 0.717) is 11.4 Å². The van der Waals surface area contributed by atoms with E-state index in [1.54, 1.807) is 24.3 Å². The Balaban J connectivity index is 2.68. The number of hydrogen-bond acceptors (Lipinski definition) is 5. The van der Waals surface area contributed by atoms with Crippen molar-refractivity contribution in [3.8, 4) is 5.75 Å². The van der Waals surface area contributed by atoms with Crippen LogP contribution in [-0.4, -0.2) is 36.4 Å². The molecule has 0 atom stereocenters. The fourth-order valence-corrected chi connectivity index (χ4v) is 1.22. The lowest BCUT2D eigenvalue weighted by atomic mass is 9.92. The van der Waals surface area contributed by atoms with Crippen LogP contribution in [0, 0.1) is 5.41 Å². The first-order valence-corrected chi connectivity index (χ1v) is 5.48. The predicted octanol–water partition coefficient (Wildman–Crippen LogP) is 0.129. The van der Waals surface area contributed by atoms with Crippen molar-refractivity contribution >= 4 is 11.6 Å². The Morgan fingerprint density at radius 3 is 2.50 bits per heavy atom. The summed E-state index contributed by atoms with van der Waals surface area (Å²) in [5, 5.41) is 18.2. The number of aliphatic hydroxyl groups excluding tert-OH is 2. The van der Waals surface area contributed by atoms with Gasteiger partial charge in [0.25, 0.3) is 0 Å². The van der Waals surface area contributed by atoms with E-state index >= 15 is 0 Å². The lowest BCUT2D eigenvalue weighted by Gasteiger charge is -2.24. The van der Waals surface area contributed by atoms with Crippen molar-refractivity contribution in [2.45, 2.75) is 6.92 Å². The van der Waals surface area contributed by atoms with Crippen molar-refractivity contribution in [2.24, 2.45) is 5.41 Å². The van der Waals surface area contributed by atoms with Gasteiger partial charge in [0.2, 0.25) is 5.91 Å². The number of amides is 1. The van der Waals surface area contributed by atoms with Gasteiger partial charge in [0.1, 0.15) is 5.75 Å². The van der Waals surface area contributed by atoms with E-state index in [1.165, 1.54) is 14.0 Å².